The van der Waals surface area contributed by atoms with Crippen LogP contribution in [0.25, 0.3) is 0 Å². The maximum Gasteiger partial charge on any atom is 0.414 e. The topological polar surface area (TPSA) is 66.8 Å². The molecule has 56 valence electrons. The van der Waals surface area contributed by atoms with Gasteiger partial charge in [0, 0.05) is 0 Å². The van der Waals surface area contributed by atoms with Gasteiger partial charge in [-0.25, -0.2) is 9.69 Å². The lowest BCUT2D eigenvalue weighted by Gasteiger charge is -2.21. The lowest BCUT2D eigenvalue weighted by Crippen LogP contribution is -2.44. The number of imide groups is 1. The molecule has 0 unspecified atom stereocenters. The predicted molar refractivity (Wildman–Crippen MR) is 30.6 cm³/mol. The average Bonchev–Trinajstić information content (AvgIpc) is 1.88. The molecule has 10 heavy (non-hydrogen) atoms. The second-order valence-corrected chi connectivity index (χ2v) is 1.88. The zero-order chi connectivity index (χ0) is 7.56. The van der Waals surface area contributed by atoms with Crippen LogP contribution in [0.5, 0.6) is 0 Å². The Kier molecular flexibility index (Phi) is 1.86. The first-order chi connectivity index (χ1) is 4.72. The molecule has 0 aromatic carbocycles. The smallest absolute Gasteiger partial charge is 0.414 e. The van der Waals surface area contributed by atoms with Crippen LogP contribution in [-0.2, 0) is 9.53 Å². The van der Waals surface area contributed by atoms with E-state index in [9.17, 15) is 9.59 Å². The van der Waals surface area contributed by atoms with Gasteiger partial charge in [-0.15, -0.1) is 0 Å². The van der Waals surface area contributed by atoms with Gasteiger partial charge < -0.3 is 9.84 Å². The molecule has 1 aliphatic rings. The number of carboxylic acid groups (broad SMARTS) is 1. The number of nitrogens with zero attached hydrogens (tertiary/aromatic N) is 1. The number of hydrogen-bond acceptors (Lipinski definition) is 3. The van der Waals surface area contributed by atoms with Crippen LogP contribution in [0.15, 0.2) is 0 Å². The van der Waals surface area contributed by atoms with E-state index in [0.29, 0.717) is 6.61 Å². The number of morpholine rings is 1. The number of ether oxygens (including phenoxy) is 1. The van der Waals surface area contributed by atoms with Crippen LogP contribution in [0.2, 0.25) is 0 Å². The van der Waals surface area contributed by atoms with Crippen LogP contribution in [-0.4, -0.2) is 41.8 Å². The molecule has 1 heterocycles. The first-order valence-corrected chi connectivity index (χ1v) is 2.83. The van der Waals surface area contributed by atoms with E-state index < -0.39 is 12.0 Å². The van der Waals surface area contributed by atoms with E-state index in [1.165, 1.54) is 0 Å². The summed E-state index contributed by atoms with van der Waals surface area (Å²) in [6.07, 6.45) is -1.20. The molecule has 0 aromatic rings. The van der Waals surface area contributed by atoms with Crippen molar-refractivity contribution in [1.29, 1.82) is 0 Å². The Bertz CT molecular complexity index is 167. The quantitative estimate of drug-likeness (QED) is 0.500. The van der Waals surface area contributed by atoms with Crippen molar-refractivity contribution in [1.82, 2.24) is 4.90 Å². The van der Waals surface area contributed by atoms with E-state index in [1.54, 1.807) is 0 Å². The van der Waals surface area contributed by atoms with Crippen molar-refractivity contribution in [3.63, 3.8) is 0 Å². The number of hydrogen-bond donors (Lipinski definition) is 1. The van der Waals surface area contributed by atoms with Gasteiger partial charge >= 0.3 is 6.09 Å². The summed E-state index contributed by atoms with van der Waals surface area (Å²) in [5.41, 5.74) is 0. The van der Waals surface area contributed by atoms with Gasteiger partial charge in [-0.1, -0.05) is 0 Å². The number of carbonyl (C=O) groups excluding carboxylic acids is 1. The third-order valence-corrected chi connectivity index (χ3v) is 1.22. The minimum atomic E-state index is -1.20. The summed E-state index contributed by atoms with van der Waals surface area (Å²) in [5.74, 6) is -0.487. The first-order valence-electron chi connectivity index (χ1n) is 2.83. The van der Waals surface area contributed by atoms with Gasteiger partial charge in [0.25, 0.3) is 5.91 Å². The van der Waals surface area contributed by atoms with Crippen molar-refractivity contribution in [2.45, 2.75) is 0 Å². The Morgan fingerprint density at radius 2 is 2.40 bits per heavy atom. The Morgan fingerprint density at radius 1 is 1.70 bits per heavy atom. The molecule has 0 saturated carbocycles. The molecule has 1 aliphatic heterocycles. The molecule has 0 atom stereocenters. The average molecular weight is 145 g/mol. The van der Waals surface area contributed by atoms with Crippen LogP contribution in [0.1, 0.15) is 0 Å². The molecular formula is C5H7NO4. The van der Waals surface area contributed by atoms with Crippen molar-refractivity contribution in [2.75, 3.05) is 19.8 Å². The molecule has 5 nitrogen and oxygen atoms in total. The van der Waals surface area contributed by atoms with Crippen LogP contribution >= 0.6 is 0 Å². The molecular weight excluding hydrogens is 138 g/mol. The molecule has 2 amide bonds. The highest BCUT2D eigenvalue weighted by Gasteiger charge is 2.23. The van der Waals surface area contributed by atoms with Crippen LogP contribution < -0.4 is 0 Å². The zero-order valence-electron chi connectivity index (χ0n) is 5.24. The monoisotopic (exact) mass is 145 g/mol. The van der Waals surface area contributed by atoms with Crippen LogP contribution in [0.3, 0.4) is 0 Å². The van der Waals surface area contributed by atoms with Crippen molar-refractivity contribution >= 4 is 12.0 Å². The number of amides is 2. The third-order valence-electron chi connectivity index (χ3n) is 1.22. The van der Waals surface area contributed by atoms with Gasteiger partial charge in [-0.05, 0) is 0 Å². The molecule has 5 heteroatoms. The van der Waals surface area contributed by atoms with Crippen molar-refractivity contribution in [2.24, 2.45) is 0 Å². The van der Waals surface area contributed by atoms with Crippen molar-refractivity contribution in [3.05, 3.63) is 0 Å². The third kappa shape index (κ3) is 1.24. The molecule has 1 N–H and O–H groups in total. The van der Waals surface area contributed by atoms with Crippen LogP contribution in [0, 0.1) is 0 Å². The molecule has 1 rings (SSSR count). The molecule has 0 bridgehead atoms. The van der Waals surface area contributed by atoms with E-state index >= 15 is 0 Å². The van der Waals surface area contributed by atoms with Gasteiger partial charge in [0.2, 0.25) is 0 Å². The highest BCUT2D eigenvalue weighted by Crippen LogP contribution is 1.97. The minimum Gasteiger partial charge on any atom is -0.465 e. The fourth-order valence-electron chi connectivity index (χ4n) is 0.720. The molecule has 0 aliphatic carbocycles. The fourth-order valence-corrected chi connectivity index (χ4v) is 0.720. The van der Waals surface area contributed by atoms with Crippen molar-refractivity contribution < 1.29 is 19.4 Å². The van der Waals surface area contributed by atoms with E-state index in [2.05, 4.69) is 0 Å². The van der Waals surface area contributed by atoms with Crippen molar-refractivity contribution in [3.8, 4) is 0 Å². The predicted octanol–water partition coefficient (Wildman–Crippen LogP) is -0.477. The molecule has 1 fully saturated rings. The number of carbonyl (C=O) groups is 2. The lowest BCUT2D eigenvalue weighted by atomic mass is 10.4. The summed E-state index contributed by atoms with van der Waals surface area (Å²) in [5, 5.41) is 8.36. The molecule has 0 aromatic heterocycles. The normalized spacial score (nSPS) is 19.2. The first kappa shape index (κ1) is 7.01. The Hall–Kier alpha value is -1.10. The van der Waals surface area contributed by atoms with Gasteiger partial charge in [0.1, 0.15) is 6.61 Å². The largest absolute Gasteiger partial charge is 0.465 e. The van der Waals surface area contributed by atoms with Gasteiger partial charge in [-0.2, -0.15) is 0 Å². The maximum absolute atomic E-state index is 10.7. The highest BCUT2D eigenvalue weighted by molar-refractivity contribution is 5.92. The SMILES string of the molecule is O=C(O)N1CCOCC1=O. The lowest BCUT2D eigenvalue weighted by molar-refractivity contribution is -0.139. The van der Waals surface area contributed by atoms with Crippen LogP contribution in [0.4, 0.5) is 4.79 Å². The summed E-state index contributed by atoms with van der Waals surface area (Å²) >= 11 is 0. The summed E-state index contributed by atoms with van der Waals surface area (Å²) in [6, 6.07) is 0. The standard InChI is InChI=1S/C5H7NO4/c7-4-3-10-2-1-6(4)5(8)9/h1-3H2,(H,8,9). The minimum absolute atomic E-state index is 0.119. The second-order valence-electron chi connectivity index (χ2n) is 1.88. The van der Waals surface area contributed by atoms with E-state index in [-0.39, 0.29) is 13.2 Å². The Morgan fingerprint density at radius 3 is 2.80 bits per heavy atom. The van der Waals surface area contributed by atoms with Gasteiger partial charge in [-0.3, -0.25) is 4.79 Å². The Labute approximate surface area is 57.2 Å². The summed E-state index contributed by atoms with van der Waals surface area (Å²) in [6.45, 7) is 0.332. The summed E-state index contributed by atoms with van der Waals surface area (Å²) < 4.78 is 4.71. The fraction of sp³-hybridized carbons (Fsp3) is 0.600. The van der Waals surface area contributed by atoms with E-state index in [0.717, 1.165) is 4.90 Å². The maximum atomic E-state index is 10.7. The van der Waals surface area contributed by atoms with E-state index in [4.69, 9.17) is 9.84 Å². The van der Waals surface area contributed by atoms with E-state index in [1.807, 2.05) is 0 Å². The van der Waals surface area contributed by atoms with Gasteiger partial charge in [0.15, 0.2) is 0 Å². The molecule has 0 spiro atoms. The molecule has 0 radical (unpaired) electrons. The zero-order valence-corrected chi connectivity index (χ0v) is 5.24. The highest BCUT2D eigenvalue weighted by atomic mass is 16.5. The summed E-state index contributed by atoms with van der Waals surface area (Å²) in [4.78, 5) is 21.6. The second kappa shape index (κ2) is 2.66. The Balaban J connectivity index is 2.56. The molecule has 1 saturated heterocycles. The van der Waals surface area contributed by atoms with Gasteiger partial charge in [0.05, 0.1) is 13.2 Å². The summed E-state index contributed by atoms with van der Waals surface area (Å²) in [7, 11) is 0. The number of rotatable bonds is 0.